The molecule has 0 saturated carbocycles. The average molecular weight is 285 g/mol. The van der Waals surface area contributed by atoms with Gasteiger partial charge in [-0.25, -0.2) is 23.8 Å². The van der Waals surface area contributed by atoms with Crippen molar-refractivity contribution >= 4 is 5.97 Å². The highest BCUT2D eigenvalue weighted by Gasteiger charge is 2.19. The number of carbonyl (C=O) groups is 1. The fourth-order valence-corrected chi connectivity index (χ4v) is 1.75. The Kier molecular flexibility index (Phi) is 3.11. The minimum atomic E-state index is -1.17. The lowest BCUT2D eigenvalue weighted by Crippen LogP contribution is -2.00. The van der Waals surface area contributed by atoms with Gasteiger partial charge in [0.2, 0.25) is 5.95 Å². The molecule has 104 valence electrons. The minimum absolute atomic E-state index is 0.0680. The standard InChI is InChI=1S/C13H8FN5O2/c14-8-2-3-10(17-6-8)11-9(12(20)21)7-19(18-11)13-15-4-1-5-16-13/h1-7H,(H,20,21). The summed E-state index contributed by atoms with van der Waals surface area (Å²) in [6.45, 7) is 0. The molecule has 7 nitrogen and oxygen atoms in total. The fourth-order valence-electron chi connectivity index (χ4n) is 1.75. The molecule has 0 atom stereocenters. The van der Waals surface area contributed by atoms with Crippen LogP contribution in [0.15, 0.2) is 43.0 Å². The third-order valence-corrected chi connectivity index (χ3v) is 2.67. The molecule has 0 aliphatic carbocycles. The summed E-state index contributed by atoms with van der Waals surface area (Å²) in [5.74, 6) is -1.45. The van der Waals surface area contributed by atoms with Crippen molar-refractivity contribution < 1.29 is 14.3 Å². The lowest BCUT2D eigenvalue weighted by Gasteiger charge is -1.98. The molecule has 0 spiro atoms. The molecule has 0 unspecified atom stereocenters. The van der Waals surface area contributed by atoms with E-state index in [2.05, 4.69) is 20.1 Å². The van der Waals surface area contributed by atoms with Crippen molar-refractivity contribution in [3.8, 4) is 17.3 Å². The number of aromatic nitrogens is 5. The predicted molar refractivity (Wildman–Crippen MR) is 69.3 cm³/mol. The van der Waals surface area contributed by atoms with E-state index in [1.165, 1.54) is 35.4 Å². The Morgan fingerprint density at radius 1 is 1.19 bits per heavy atom. The van der Waals surface area contributed by atoms with Crippen LogP contribution >= 0.6 is 0 Å². The quantitative estimate of drug-likeness (QED) is 0.784. The third kappa shape index (κ3) is 2.46. The Hall–Kier alpha value is -3.16. The molecule has 3 rings (SSSR count). The van der Waals surface area contributed by atoms with E-state index in [1.807, 2.05) is 0 Å². The first kappa shape index (κ1) is 12.9. The number of rotatable bonds is 3. The first-order valence-electron chi connectivity index (χ1n) is 5.87. The number of carboxylic acids is 1. The van der Waals surface area contributed by atoms with Gasteiger partial charge in [0.1, 0.15) is 17.1 Å². The molecule has 8 heteroatoms. The van der Waals surface area contributed by atoms with Gasteiger partial charge in [0.05, 0.1) is 11.9 Å². The Bertz CT molecular complexity index is 786. The smallest absolute Gasteiger partial charge is 0.339 e. The molecule has 1 N–H and O–H groups in total. The highest BCUT2D eigenvalue weighted by Crippen LogP contribution is 2.21. The Morgan fingerprint density at radius 2 is 1.95 bits per heavy atom. The van der Waals surface area contributed by atoms with Crippen LogP contribution in [0.5, 0.6) is 0 Å². The van der Waals surface area contributed by atoms with Crippen LogP contribution in [-0.2, 0) is 0 Å². The van der Waals surface area contributed by atoms with Crippen molar-refractivity contribution in [2.75, 3.05) is 0 Å². The zero-order valence-electron chi connectivity index (χ0n) is 10.5. The molecule has 3 aromatic rings. The van der Waals surface area contributed by atoms with Crippen LogP contribution in [0.1, 0.15) is 10.4 Å². The van der Waals surface area contributed by atoms with Crippen LogP contribution in [0.2, 0.25) is 0 Å². The van der Waals surface area contributed by atoms with E-state index in [4.69, 9.17) is 0 Å². The first-order chi connectivity index (χ1) is 10.1. The molecule has 3 aromatic heterocycles. The van der Waals surface area contributed by atoms with Gasteiger partial charge in [0, 0.05) is 18.6 Å². The molecule has 0 aliphatic heterocycles. The van der Waals surface area contributed by atoms with E-state index in [-0.39, 0.29) is 22.9 Å². The molecule has 0 amide bonds. The van der Waals surface area contributed by atoms with E-state index in [0.29, 0.717) is 0 Å². The third-order valence-electron chi connectivity index (χ3n) is 2.67. The number of halogens is 1. The lowest BCUT2D eigenvalue weighted by atomic mass is 10.2. The highest BCUT2D eigenvalue weighted by atomic mass is 19.1. The van der Waals surface area contributed by atoms with Gasteiger partial charge in [-0.05, 0) is 18.2 Å². The molecule has 0 fully saturated rings. The average Bonchev–Trinajstić information content (AvgIpc) is 2.94. The molecule has 3 heterocycles. The number of aromatic carboxylic acids is 1. The summed E-state index contributed by atoms with van der Waals surface area (Å²) in [6, 6.07) is 4.18. The molecular formula is C13H8FN5O2. The van der Waals surface area contributed by atoms with Crippen molar-refractivity contribution in [2.24, 2.45) is 0 Å². The fraction of sp³-hybridized carbons (Fsp3) is 0. The number of hydrogen-bond acceptors (Lipinski definition) is 5. The van der Waals surface area contributed by atoms with Gasteiger partial charge in [-0.2, -0.15) is 5.10 Å². The van der Waals surface area contributed by atoms with Crippen molar-refractivity contribution in [1.29, 1.82) is 0 Å². The maximum atomic E-state index is 12.9. The van der Waals surface area contributed by atoms with Gasteiger partial charge in [-0.15, -0.1) is 0 Å². The van der Waals surface area contributed by atoms with E-state index in [0.717, 1.165) is 6.20 Å². The van der Waals surface area contributed by atoms with E-state index < -0.39 is 11.8 Å². The summed E-state index contributed by atoms with van der Waals surface area (Å²) in [4.78, 5) is 23.1. The predicted octanol–water partition coefficient (Wildman–Crippen LogP) is 1.56. The molecule has 0 aromatic carbocycles. The molecule has 0 aliphatic rings. The Balaban J connectivity index is 2.14. The normalized spacial score (nSPS) is 10.5. The molecule has 0 radical (unpaired) electrons. The number of carboxylic acid groups (broad SMARTS) is 1. The topological polar surface area (TPSA) is 93.8 Å². The monoisotopic (exact) mass is 285 g/mol. The number of pyridine rings is 1. The van der Waals surface area contributed by atoms with Crippen molar-refractivity contribution in [2.45, 2.75) is 0 Å². The summed E-state index contributed by atoms with van der Waals surface area (Å²) in [5, 5.41) is 13.4. The summed E-state index contributed by atoms with van der Waals surface area (Å²) in [6.07, 6.45) is 5.32. The van der Waals surface area contributed by atoms with Gasteiger partial charge in [0.15, 0.2) is 0 Å². The summed E-state index contributed by atoms with van der Waals surface area (Å²) in [5.41, 5.74) is 0.306. The minimum Gasteiger partial charge on any atom is -0.478 e. The molecular weight excluding hydrogens is 277 g/mol. The second-order valence-corrected chi connectivity index (χ2v) is 4.05. The van der Waals surface area contributed by atoms with Crippen molar-refractivity contribution in [3.05, 3.63) is 54.4 Å². The number of hydrogen-bond donors (Lipinski definition) is 1. The zero-order chi connectivity index (χ0) is 14.8. The van der Waals surface area contributed by atoms with Crippen LogP contribution in [0.4, 0.5) is 4.39 Å². The second-order valence-electron chi connectivity index (χ2n) is 4.05. The Morgan fingerprint density at radius 3 is 2.57 bits per heavy atom. The van der Waals surface area contributed by atoms with Gasteiger partial charge in [-0.3, -0.25) is 4.98 Å². The zero-order valence-corrected chi connectivity index (χ0v) is 10.5. The molecule has 0 saturated heterocycles. The van der Waals surface area contributed by atoms with Crippen molar-refractivity contribution in [3.63, 3.8) is 0 Å². The van der Waals surface area contributed by atoms with Gasteiger partial charge in [0.25, 0.3) is 0 Å². The summed E-state index contributed by atoms with van der Waals surface area (Å²) in [7, 11) is 0. The SMILES string of the molecule is O=C(O)c1cn(-c2ncccn2)nc1-c1ccc(F)cn1. The van der Waals surface area contributed by atoms with Gasteiger partial charge >= 0.3 is 5.97 Å². The lowest BCUT2D eigenvalue weighted by molar-refractivity contribution is 0.0697. The number of nitrogens with zero attached hydrogens (tertiary/aromatic N) is 5. The van der Waals surface area contributed by atoms with Gasteiger partial charge in [-0.1, -0.05) is 0 Å². The second kappa shape index (κ2) is 5.08. The first-order valence-corrected chi connectivity index (χ1v) is 5.87. The van der Waals surface area contributed by atoms with Crippen LogP contribution in [-0.4, -0.2) is 35.8 Å². The summed E-state index contributed by atoms with van der Waals surface area (Å²) < 4.78 is 14.1. The van der Waals surface area contributed by atoms with Crippen LogP contribution in [0, 0.1) is 5.82 Å². The summed E-state index contributed by atoms with van der Waals surface area (Å²) >= 11 is 0. The van der Waals surface area contributed by atoms with Crippen molar-refractivity contribution in [1.82, 2.24) is 24.7 Å². The van der Waals surface area contributed by atoms with Gasteiger partial charge < -0.3 is 5.11 Å². The van der Waals surface area contributed by atoms with Crippen LogP contribution in [0.25, 0.3) is 17.3 Å². The van der Waals surface area contributed by atoms with Crippen LogP contribution < -0.4 is 0 Å². The highest BCUT2D eigenvalue weighted by molar-refractivity contribution is 5.94. The Labute approximate surface area is 117 Å². The maximum Gasteiger partial charge on any atom is 0.339 e. The van der Waals surface area contributed by atoms with E-state index in [9.17, 15) is 14.3 Å². The largest absolute Gasteiger partial charge is 0.478 e. The maximum absolute atomic E-state index is 12.9. The molecule has 21 heavy (non-hydrogen) atoms. The molecule has 0 bridgehead atoms. The van der Waals surface area contributed by atoms with E-state index >= 15 is 0 Å². The van der Waals surface area contributed by atoms with Crippen LogP contribution in [0.3, 0.4) is 0 Å². The van der Waals surface area contributed by atoms with E-state index in [1.54, 1.807) is 6.07 Å².